The second kappa shape index (κ2) is 11.0. The molecule has 1 aliphatic heterocycles. The number of carbonyl (C=O) groups excluding carboxylic acids is 2. The molecular weight excluding hydrogens is 590 g/mol. The molecule has 4 aromatic heterocycles. The third-order valence-electron chi connectivity index (χ3n) is 7.15. The molecule has 4 N–H and O–H groups in total. The largest absolute Gasteiger partial charge is 0.480 e. The van der Waals surface area contributed by atoms with Crippen LogP contribution >= 0.6 is 0 Å². The highest BCUT2D eigenvalue weighted by Gasteiger charge is 2.58. The zero-order valence-corrected chi connectivity index (χ0v) is 23.0. The van der Waals surface area contributed by atoms with E-state index in [0.717, 1.165) is 0 Å². The van der Waals surface area contributed by atoms with E-state index in [1.165, 1.54) is 42.6 Å². The lowest BCUT2D eigenvalue weighted by Crippen LogP contribution is -2.56. The highest BCUT2D eigenvalue weighted by Crippen LogP contribution is 2.37. The standard InChI is InChI=1S/C27H23F4N9O4/c1-26(43,27(29,30)31)25(42)39-10-18(28)19(11-39)38-23(41)17-5-14(8-35-24(17)44-3)20-6-16(13-4-15(33-2)9-34-7-13)21-22(32)36-12-37-40(20)21/h4-9,12,18-19,43H,10-11H2,1,3H3,(H,38,41)(H2,32,36,37)/t18-,19+,26+/m0/s1. The number of hydrogen-bond donors (Lipinski definition) is 3. The Bertz CT molecular complexity index is 1820. The van der Waals surface area contributed by atoms with Crippen molar-refractivity contribution in [1.82, 2.24) is 34.8 Å². The maximum atomic E-state index is 14.8. The SMILES string of the molecule is [C-]#[N+]c1cncc(-c2cc(-c3cnc(OC)c(C(=O)N[C@@H]4CN(C(=O)[C@@](C)(O)C(F)(F)F)C[C@@H]4F)c3)n3ncnc(N)c23)c1. The van der Waals surface area contributed by atoms with Gasteiger partial charge in [0.15, 0.2) is 5.82 Å². The number of halogens is 4. The summed E-state index contributed by atoms with van der Waals surface area (Å²) in [6, 6.07) is 3.28. The molecule has 0 aliphatic carbocycles. The first-order chi connectivity index (χ1) is 20.8. The second-order valence-corrected chi connectivity index (χ2v) is 10.0. The van der Waals surface area contributed by atoms with Gasteiger partial charge in [-0.15, -0.1) is 0 Å². The van der Waals surface area contributed by atoms with Crippen LogP contribution in [0.4, 0.5) is 29.1 Å². The number of aromatic nitrogens is 5. The number of rotatable bonds is 6. The van der Waals surface area contributed by atoms with E-state index >= 15 is 0 Å². The number of anilines is 1. The first-order valence-corrected chi connectivity index (χ1v) is 12.8. The molecule has 5 rings (SSSR count). The van der Waals surface area contributed by atoms with Gasteiger partial charge in [-0.25, -0.2) is 23.7 Å². The van der Waals surface area contributed by atoms with Crippen LogP contribution in [-0.2, 0) is 4.79 Å². The third-order valence-corrected chi connectivity index (χ3v) is 7.15. The van der Waals surface area contributed by atoms with E-state index in [4.69, 9.17) is 17.0 Å². The molecule has 4 aromatic rings. The average molecular weight is 614 g/mol. The molecule has 0 spiro atoms. The van der Waals surface area contributed by atoms with Gasteiger partial charge in [0.1, 0.15) is 23.6 Å². The molecule has 5 heterocycles. The molecule has 0 bridgehead atoms. The van der Waals surface area contributed by atoms with E-state index in [0.29, 0.717) is 32.8 Å². The predicted octanol–water partition coefficient (Wildman–Crippen LogP) is 2.59. The number of nitrogen functional groups attached to an aromatic ring is 1. The van der Waals surface area contributed by atoms with Crippen LogP contribution < -0.4 is 15.8 Å². The fourth-order valence-electron chi connectivity index (χ4n) is 4.79. The number of aliphatic hydroxyl groups is 1. The number of nitrogens with one attached hydrogen (secondary N) is 1. The van der Waals surface area contributed by atoms with Gasteiger partial charge < -0.3 is 25.8 Å². The molecule has 1 saturated heterocycles. The summed E-state index contributed by atoms with van der Waals surface area (Å²) in [6.45, 7) is 6.20. The van der Waals surface area contributed by atoms with Crippen molar-refractivity contribution in [3.63, 3.8) is 0 Å². The number of fused-ring (bicyclic) bond motifs is 1. The molecule has 228 valence electrons. The Morgan fingerprint density at radius 2 is 1.91 bits per heavy atom. The molecule has 17 heteroatoms. The molecule has 44 heavy (non-hydrogen) atoms. The van der Waals surface area contributed by atoms with Crippen LogP contribution in [0.5, 0.6) is 5.88 Å². The molecular formula is C27H23F4N9O4. The lowest BCUT2D eigenvalue weighted by Gasteiger charge is -2.29. The molecule has 0 radical (unpaired) electrons. The van der Waals surface area contributed by atoms with Crippen molar-refractivity contribution in [2.45, 2.75) is 30.9 Å². The summed E-state index contributed by atoms with van der Waals surface area (Å²) < 4.78 is 61.0. The molecule has 3 atom stereocenters. The molecule has 2 amide bonds. The second-order valence-electron chi connectivity index (χ2n) is 10.0. The summed E-state index contributed by atoms with van der Waals surface area (Å²) in [4.78, 5) is 41.9. The van der Waals surface area contributed by atoms with Crippen molar-refractivity contribution in [2.75, 3.05) is 25.9 Å². The number of ether oxygens (including phenoxy) is 1. The number of alkyl halides is 4. The van der Waals surface area contributed by atoms with Crippen molar-refractivity contribution in [1.29, 1.82) is 0 Å². The fraction of sp³-hybridized carbons (Fsp3) is 0.296. The smallest absolute Gasteiger partial charge is 0.426 e. The highest BCUT2D eigenvalue weighted by atomic mass is 19.4. The summed E-state index contributed by atoms with van der Waals surface area (Å²) in [5.74, 6) is -2.64. The van der Waals surface area contributed by atoms with E-state index < -0.39 is 48.9 Å². The van der Waals surface area contributed by atoms with Crippen LogP contribution in [0.1, 0.15) is 17.3 Å². The lowest BCUT2D eigenvalue weighted by atomic mass is 10.1. The van der Waals surface area contributed by atoms with Gasteiger partial charge in [-0.2, -0.15) is 18.3 Å². The van der Waals surface area contributed by atoms with Crippen LogP contribution in [-0.4, -0.2) is 90.6 Å². The Labute approximate surface area is 246 Å². The van der Waals surface area contributed by atoms with Gasteiger partial charge >= 0.3 is 6.18 Å². The molecule has 1 fully saturated rings. The van der Waals surface area contributed by atoms with Gasteiger partial charge in [-0.05, 0) is 30.7 Å². The lowest BCUT2D eigenvalue weighted by molar-refractivity contribution is -0.249. The Morgan fingerprint density at radius 3 is 2.59 bits per heavy atom. The minimum Gasteiger partial charge on any atom is -0.480 e. The number of nitrogens with zero attached hydrogens (tertiary/aromatic N) is 7. The normalized spacial score (nSPS) is 18.1. The minimum absolute atomic E-state index is 0.118. The van der Waals surface area contributed by atoms with Crippen LogP contribution in [0.3, 0.4) is 0 Å². The minimum atomic E-state index is -5.29. The van der Waals surface area contributed by atoms with Crippen LogP contribution in [0.2, 0.25) is 0 Å². The Balaban J connectivity index is 1.48. The van der Waals surface area contributed by atoms with Crippen molar-refractivity contribution >= 4 is 28.8 Å². The molecule has 0 aromatic carbocycles. The maximum absolute atomic E-state index is 14.8. The molecule has 0 unspecified atom stereocenters. The summed E-state index contributed by atoms with van der Waals surface area (Å²) in [6.07, 6.45) is -1.67. The topological polar surface area (TPSA) is 165 Å². The van der Waals surface area contributed by atoms with Gasteiger partial charge in [-0.1, -0.05) is 0 Å². The van der Waals surface area contributed by atoms with Gasteiger partial charge in [-0.3, -0.25) is 14.6 Å². The Kier molecular flexibility index (Phi) is 7.55. The van der Waals surface area contributed by atoms with Crippen molar-refractivity contribution < 1.29 is 37.0 Å². The number of likely N-dealkylation sites (tertiary alicyclic amines) is 1. The number of methoxy groups -OCH3 is 1. The van der Waals surface area contributed by atoms with Gasteiger partial charge in [0.25, 0.3) is 11.8 Å². The van der Waals surface area contributed by atoms with Crippen LogP contribution in [0.25, 0.3) is 32.7 Å². The first-order valence-electron chi connectivity index (χ1n) is 12.8. The van der Waals surface area contributed by atoms with Gasteiger partial charge in [0.2, 0.25) is 17.2 Å². The van der Waals surface area contributed by atoms with Gasteiger partial charge in [0.05, 0.1) is 32.0 Å². The van der Waals surface area contributed by atoms with Crippen molar-refractivity contribution in [3.05, 3.63) is 60.1 Å². The monoisotopic (exact) mass is 613 g/mol. The first kappa shape index (κ1) is 30.1. The van der Waals surface area contributed by atoms with E-state index in [1.54, 1.807) is 12.1 Å². The van der Waals surface area contributed by atoms with Crippen molar-refractivity contribution in [3.8, 4) is 28.3 Å². The predicted molar refractivity (Wildman–Crippen MR) is 146 cm³/mol. The summed E-state index contributed by atoms with van der Waals surface area (Å²) in [5.41, 5.74) is 4.77. The quantitative estimate of drug-likeness (QED) is 0.219. The van der Waals surface area contributed by atoms with Crippen LogP contribution in [0, 0.1) is 6.57 Å². The Morgan fingerprint density at radius 1 is 1.16 bits per heavy atom. The zero-order chi connectivity index (χ0) is 32.0. The number of amides is 2. The molecule has 0 saturated carbocycles. The summed E-state index contributed by atoms with van der Waals surface area (Å²) in [5, 5.41) is 16.4. The maximum Gasteiger partial charge on any atom is 0.426 e. The van der Waals surface area contributed by atoms with E-state index in [1.807, 2.05) is 0 Å². The van der Waals surface area contributed by atoms with Gasteiger partial charge in [0, 0.05) is 36.3 Å². The molecule has 1 aliphatic rings. The number of pyridine rings is 2. The number of carbonyl (C=O) groups is 2. The summed E-state index contributed by atoms with van der Waals surface area (Å²) >= 11 is 0. The molecule has 13 nitrogen and oxygen atoms in total. The van der Waals surface area contributed by atoms with E-state index in [-0.39, 0.29) is 29.9 Å². The summed E-state index contributed by atoms with van der Waals surface area (Å²) in [7, 11) is 1.25. The Hall–Kier alpha value is -5.37. The van der Waals surface area contributed by atoms with Crippen LogP contribution in [0.15, 0.2) is 43.1 Å². The average Bonchev–Trinajstić information content (AvgIpc) is 3.57. The fourth-order valence-corrected chi connectivity index (χ4v) is 4.79. The van der Waals surface area contributed by atoms with E-state index in [2.05, 4.69) is 30.2 Å². The zero-order valence-electron chi connectivity index (χ0n) is 23.0. The third kappa shape index (κ3) is 5.19. The number of nitrogens with two attached hydrogens (primary N) is 1. The highest BCUT2D eigenvalue weighted by molar-refractivity contribution is 5.99. The van der Waals surface area contributed by atoms with E-state index in [9.17, 15) is 32.3 Å². The van der Waals surface area contributed by atoms with Crippen molar-refractivity contribution in [2.24, 2.45) is 0 Å². The number of hydrogen-bond acceptors (Lipinski definition) is 9.